The number of nitrogens with zero attached hydrogens (tertiary/aromatic N) is 2. The van der Waals surface area contributed by atoms with Crippen LogP contribution in [0.25, 0.3) is 0 Å². The van der Waals surface area contributed by atoms with Crippen molar-refractivity contribution in [1.82, 2.24) is 15.1 Å². The average molecular weight is 520 g/mol. The molecule has 3 aromatic carbocycles. The molecule has 1 atom stereocenters. The highest BCUT2D eigenvalue weighted by Crippen LogP contribution is 2.39. The molecule has 5 nitrogen and oxygen atoms in total. The summed E-state index contributed by atoms with van der Waals surface area (Å²) in [6.07, 6.45) is 2.56. The Morgan fingerprint density at radius 3 is 2.39 bits per heavy atom. The van der Waals surface area contributed by atoms with E-state index in [9.17, 15) is 9.59 Å². The normalized spacial score (nSPS) is 18.1. The van der Waals surface area contributed by atoms with Crippen molar-refractivity contribution in [2.24, 2.45) is 0 Å². The molecule has 5 rings (SSSR count). The first-order chi connectivity index (χ1) is 17.5. The highest BCUT2D eigenvalue weighted by molar-refractivity contribution is 8.00. The van der Waals surface area contributed by atoms with Crippen LogP contribution in [0.15, 0.2) is 72.8 Å². The lowest BCUT2D eigenvalue weighted by atomic mass is 10.1. The second kappa shape index (κ2) is 11.5. The Bertz CT molecular complexity index is 1210. The largest absolute Gasteiger partial charge is 0.348 e. The maximum absolute atomic E-state index is 12.8. The number of benzene rings is 3. The summed E-state index contributed by atoms with van der Waals surface area (Å²) in [4.78, 5) is 29.7. The standard InChI is InChI=1S/C29H30ClN3O2S/c30-26-12-6-21(7-13-26)19-33-27(34)20-36-29(33)25-10-8-24(9-11-25)28(35)31-17-22-4-3-5-23(16-22)18-32-14-1-2-15-32/h3-13,16,29H,1-2,14-15,17-20H2,(H,31,35). The molecule has 2 saturated heterocycles. The van der Waals surface area contributed by atoms with E-state index >= 15 is 0 Å². The van der Waals surface area contributed by atoms with Gasteiger partial charge in [-0.05, 0) is 72.5 Å². The van der Waals surface area contributed by atoms with Crippen LogP contribution in [-0.2, 0) is 24.4 Å². The van der Waals surface area contributed by atoms with Gasteiger partial charge in [0.2, 0.25) is 5.91 Å². The smallest absolute Gasteiger partial charge is 0.251 e. The molecule has 0 saturated carbocycles. The molecule has 2 fully saturated rings. The zero-order valence-electron chi connectivity index (χ0n) is 20.2. The van der Waals surface area contributed by atoms with E-state index in [4.69, 9.17) is 11.6 Å². The fourth-order valence-electron chi connectivity index (χ4n) is 4.81. The van der Waals surface area contributed by atoms with Crippen LogP contribution in [0.5, 0.6) is 0 Å². The number of hydrogen-bond donors (Lipinski definition) is 1. The molecule has 0 radical (unpaired) electrons. The maximum atomic E-state index is 12.8. The Labute approximate surface area is 221 Å². The van der Waals surface area contributed by atoms with Gasteiger partial charge in [-0.1, -0.05) is 60.1 Å². The van der Waals surface area contributed by atoms with E-state index < -0.39 is 0 Å². The number of thioether (sulfide) groups is 1. The molecular weight excluding hydrogens is 490 g/mol. The van der Waals surface area contributed by atoms with Crippen LogP contribution in [0.4, 0.5) is 0 Å². The highest BCUT2D eigenvalue weighted by Gasteiger charge is 2.32. The Morgan fingerprint density at radius 1 is 0.917 bits per heavy atom. The van der Waals surface area contributed by atoms with Crippen molar-refractivity contribution in [3.05, 3.63) is 106 Å². The van der Waals surface area contributed by atoms with Crippen LogP contribution >= 0.6 is 23.4 Å². The van der Waals surface area contributed by atoms with E-state index in [1.807, 2.05) is 53.4 Å². The summed E-state index contributed by atoms with van der Waals surface area (Å²) in [6, 6.07) is 23.7. The number of amides is 2. The van der Waals surface area contributed by atoms with Crippen LogP contribution < -0.4 is 5.32 Å². The second-order valence-corrected chi connectivity index (χ2v) is 10.9. The fraction of sp³-hybridized carbons (Fsp3) is 0.310. The second-order valence-electron chi connectivity index (χ2n) is 9.42. The molecule has 3 aromatic rings. The van der Waals surface area contributed by atoms with Crippen molar-refractivity contribution in [2.75, 3.05) is 18.8 Å². The van der Waals surface area contributed by atoms with Gasteiger partial charge in [0, 0.05) is 30.2 Å². The van der Waals surface area contributed by atoms with Gasteiger partial charge in [-0.15, -0.1) is 11.8 Å². The van der Waals surface area contributed by atoms with Gasteiger partial charge in [-0.2, -0.15) is 0 Å². The van der Waals surface area contributed by atoms with Gasteiger partial charge in [0.05, 0.1) is 5.75 Å². The number of halogens is 1. The van der Waals surface area contributed by atoms with Crippen molar-refractivity contribution < 1.29 is 9.59 Å². The molecule has 186 valence electrons. The predicted molar refractivity (Wildman–Crippen MR) is 146 cm³/mol. The fourth-order valence-corrected chi connectivity index (χ4v) is 6.12. The number of nitrogens with one attached hydrogen (secondary N) is 1. The van der Waals surface area contributed by atoms with Gasteiger partial charge in [-0.3, -0.25) is 14.5 Å². The van der Waals surface area contributed by atoms with Crippen molar-refractivity contribution in [2.45, 2.75) is 37.8 Å². The highest BCUT2D eigenvalue weighted by atomic mass is 35.5. The van der Waals surface area contributed by atoms with Gasteiger partial charge >= 0.3 is 0 Å². The van der Waals surface area contributed by atoms with Crippen molar-refractivity contribution in [3.8, 4) is 0 Å². The monoisotopic (exact) mass is 519 g/mol. The van der Waals surface area contributed by atoms with E-state index in [0.717, 1.165) is 23.2 Å². The van der Waals surface area contributed by atoms with Crippen molar-refractivity contribution >= 4 is 35.2 Å². The lowest BCUT2D eigenvalue weighted by molar-refractivity contribution is -0.128. The quantitative estimate of drug-likeness (QED) is 0.418. The summed E-state index contributed by atoms with van der Waals surface area (Å²) in [7, 11) is 0. The number of hydrogen-bond acceptors (Lipinski definition) is 4. The number of carbonyl (C=O) groups is 2. The molecular formula is C29H30ClN3O2S. The van der Waals surface area contributed by atoms with Gasteiger partial charge in [0.25, 0.3) is 5.91 Å². The zero-order valence-corrected chi connectivity index (χ0v) is 21.7. The molecule has 2 heterocycles. The molecule has 0 aromatic heterocycles. The summed E-state index contributed by atoms with van der Waals surface area (Å²) < 4.78 is 0. The molecule has 2 amide bonds. The van der Waals surface area contributed by atoms with Gasteiger partial charge in [0.15, 0.2) is 0 Å². The number of carbonyl (C=O) groups excluding carboxylic acids is 2. The Morgan fingerprint density at radius 2 is 1.64 bits per heavy atom. The van der Waals surface area contributed by atoms with Gasteiger partial charge in [0.1, 0.15) is 5.37 Å². The van der Waals surface area contributed by atoms with Crippen LogP contribution in [0, 0.1) is 0 Å². The zero-order chi connectivity index (χ0) is 24.9. The summed E-state index contributed by atoms with van der Waals surface area (Å²) in [5.41, 5.74) is 5.08. The van der Waals surface area contributed by atoms with Crippen LogP contribution in [0.3, 0.4) is 0 Å². The lowest BCUT2D eigenvalue weighted by Crippen LogP contribution is -2.27. The first-order valence-electron chi connectivity index (χ1n) is 12.4. The SMILES string of the molecule is O=C(NCc1cccc(CN2CCCC2)c1)c1ccc(C2SCC(=O)N2Cc2ccc(Cl)cc2)cc1. The summed E-state index contributed by atoms with van der Waals surface area (Å²) in [5, 5.41) is 3.66. The molecule has 2 aliphatic heterocycles. The van der Waals surface area contributed by atoms with E-state index in [0.29, 0.717) is 29.4 Å². The molecule has 1 unspecified atom stereocenters. The Kier molecular flexibility index (Phi) is 7.95. The minimum absolute atomic E-state index is 0.0661. The Hall–Kier alpha value is -2.80. The summed E-state index contributed by atoms with van der Waals surface area (Å²) in [5.74, 6) is 0.477. The van der Waals surface area contributed by atoms with Gasteiger partial charge in [-0.25, -0.2) is 0 Å². The molecule has 36 heavy (non-hydrogen) atoms. The molecule has 1 N–H and O–H groups in total. The third kappa shape index (κ3) is 6.12. The lowest BCUT2D eigenvalue weighted by Gasteiger charge is -2.24. The molecule has 7 heteroatoms. The first kappa shape index (κ1) is 24.9. The summed E-state index contributed by atoms with van der Waals surface area (Å²) >= 11 is 7.61. The van der Waals surface area contributed by atoms with E-state index in [1.165, 1.54) is 31.5 Å². The average Bonchev–Trinajstić information content (AvgIpc) is 3.54. The molecule has 0 aliphatic carbocycles. The van der Waals surface area contributed by atoms with E-state index in [-0.39, 0.29) is 17.2 Å². The minimum Gasteiger partial charge on any atom is -0.348 e. The minimum atomic E-state index is -0.0975. The van der Waals surface area contributed by atoms with E-state index in [1.54, 1.807) is 11.8 Å². The first-order valence-corrected chi connectivity index (χ1v) is 13.8. The van der Waals surface area contributed by atoms with Crippen LogP contribution in [0.2, 0.25) is 5.02 Å². The maximum Gasteiger partial charge on any atom is 0.251 e. The van der Waals surface area contributed by atoms with Crippen molar-refractivity contribution in [1.29, 1.82) is 0 Å². The Balaban J connectivity index is 1.19. The third-order valence-corrected chi connectivity index (χ3v) is 8.25. The van der Waals surface area contributed by atoms with Crippen LogP contribution in [-0.4, -0.2) is 40.5 Å². The predicted octanol–water partition coefficient (Wildman–Crippen LogP) is 5.64. The molecule has 0 spiro atoms. The van der Waals surface area contributed by atoms with Crippen molar-refractivity contribution in [3.63, 3.8) is 0 Å². The topological polar surface area (TPSA) is 52.7 Å². The molecule has 0 bridgehead atoms. The third-order valence-electron chi connectivity index (χ3n) is 6.74. The molecule has 2 aliphatic rings. The number of rotatable bonds is 8. The van der Waals surface area contributed by atoms with E-state index in [2.05, 4.69) is 34.5 Å². The summed E-state index contributed by atoms with van der Waals surface area (Å²) in [6.45, 7) is 4.34. The van der Waals surface area contributed by atoms with Crippen LogP contribution in [0.1, 0.15) is 50.8 Å². The number of likely N-dealkylation sites (tertiary alicyclic amines) is 1. The van der Waals surface area contributed by atoms with Gasteiger partial charge < -0.3 is 10.2 Å².